The van der Waals surface area contributed by atoms with Crippen molar-refractivity contribution in [2.75, 3.05) is 6.54 Å². The minimum absolute atomic E-state index is 0.0102. The zero-order chi connectivity index (χ0) is 15.3. The molecule has 0 atom stereocenters. The SMILES string of the molecule is CCc1cnc(CNS(=O)(=O)c2cnn(CCCN)c2)o1. The van der Waals surface area contributed by atoms with Crippen LogP contribution in [0.15, 0.2) is 27.9 Å². The van der Waals surface area contributed by atoms with Gasteiger partial charge in [0, 0.05) is 19.2 Å². The van der Waals surface area contributed by atoms with Crippen LogP contribution in [-0.4, -0.2) is 29.7 Å². The van der Waals surface area contributed by atoms with Crippen LogP contribution < -0.4 is 10.5 Å². The van der Waals surface area contributed by atoms with Gasteiger partial charge >= 0.3 is 0 Å². The maximum Gasteiger partial charge on any atom is 0.244 e. The van der Waals surface area contributed by atoms with E-state index in [4.69, 9.17) is 10.2 Å². The number of oxazole rings is 1. The Morgan fingerprint density at radius 1 is 1.43 bits per heavy atom. The summed E-state index contributed by atoms with van der Waals surface area (Å²) in [5.41, 5.74) is 5.41. The van der Waals surface area contributed by atoms with Crippen LogP contribution in [0.5, 0.6) is 0 Å². The largest absolute Gasteiger partial charge is 0.444 e. The molecule has 0 aliphatic carbocycles. The molecule has 0 unspecified atom stereocenters. The Labute approximate surface area is 123 Å². The monoisotopic (exact) mass is 313 g/mol. The first-order valence-corrected chi connectivity index (χ1v) is 8.19. The molecule has 3 N–H and O–H groups in total. The molecule has 0 aromatic carbocycles. The van der Waals surface area contributed by atoms with E-state index in [0.29, 0.717) is 25.4 Å². The van der Waals surface area contributed by atoms with Gasteiger partial charge in [-0.25, -0.2) is 18.1 Å². The average Bonchev–Trinajstić information content (AvgIpc) is 3.12. The van der Waals surface area contributed by atoms with Crippen LogP contribution >= 0.6 is 0 Å². The van der Waals surface area contributed by atoms with Crippen LogP contribution in [0, 0.1) is 0 Å². The first-order valence-electron chi connectivity index (χ1n) is 6.71. The molecule has 2 aromatic rings. The highest BCUT2D eigenvalue weighted by Gasteiger charge is 2.17. The van der Waals surface area contributed by atoms with Crippen LogP contribution in [0.1, 0.15) is 25.0 Å². The predicted molar refractivity (Wildman–Crippen MR) is 75.8 cm³/mol. The van der Waals surface area contributed by atoms with Crippen LogP contribution in [0.4, 0.5) is 0 Å². The van der Waals surface area contributed by atoms with E-state index in [-0.39, 0.29) is 11.4 Å². The number of aryl methyl sites for hydroxylation is 2. The molecule has 0 saturated carbocycles. The quantitative estimate of drug-likeness (QED) is 0.722. The van der Waals surface area contributed by atoms with Crippen molar-refractivity contribution in [3.8, 4) is 0 Å². The van der Waals surface area contributed by atoms with Gasteiger partial charge in [-0.3, -0.25) is 4.68 Å². The molecular weight excluding hydrogens is 294 g/mol. The van der Waals surface area contributed by atoms with Crippen molar-refractivity contribution in [1.29, 1.82) is 0 Å². The summed E-state index contributed by atoms with van der Waals surface area (Å²) < 4.78 is 33.6. The molecule has 0 spiro atoms. The molecule has 9 heteroatoms. The highest BCUT2D eigenvalue weighted by Crippen LogP contribution is 2.09. The first-order chi connectivity index (χ1) is 10.0. The lowest BCUT2D eigenvalue weighted by Crippen LogP contribution is -2.23. The second-order valence-corrected chi connectivity index (χ2v) is 6.25. The van der Waals surface area contributed by atoms with Gasteiger partial charge < -0.3 is 10.2 Å². The summed E-state index contributed by atoms with van der Waals surface area (Å²) in [6.07, 6.45) is 5.84. The second kappa shape index (κ2) is 6.83. The molecule has 2 heterocycles. The summed E-state index contributed by atoms with van der Waals surface area (Å²) in [4.78, 5) is 4.11. The van der Waals surface area contributed by atoms with E-state index in [1.807, 2.05) is 6.92 Å². The van der Waals surface area contributed by atoms with Crippen LogP contribution in [0.25, 0.3) is 0 Å². The minimum Gasteiger partial charge on any atom is -0.444 e. The maximum atomic E-state index is 12.1. The lowest BCUT2D eigenvalue weighted by molar-refractivity contribution is 0.452. The molecule has 8 nitrogen and oxygen atoms in total. The molecule has 0 aliphatic rings. The van der Waals surface area contributed by atoms with Gasteiger partial charge in [0.05, 0.1) is 18.9 Å². The van der Waals surface area contributed by atoms with Crippen LogP contribution in [0.2, 0.25) is 0 Å². The Hall–Kier alpha value is -1.71. The average molecular weight is 313 g/mol. The van der Waals surface area contributed by atoms with E-state index >= 15 is 0 Å². The van der Waals surface area contributed by atoms with Crippen LogP contribution in [-0.2, 0) is 29.5 Å². The first kappa shape index (κ1) is 15.7. The van der Waals surface area contributed by atoms with E-state index in [2.05, 4.69) is 14.8 Å². The summed E-state index contributed by atoms with van der Waals surface area (Å²) in [7, 11) is -3.62. The highest BCUT2D eigenvalue weighted by atomic mass is 32.2. The van der Waals surface area contributed by atoms with Gasteiger partial charge in [-0.2, -0.15) is 5.10 Å². The number of nitrogens with one attached hydrogen (secondary N) is 1. The summed E-state index contributed by atoms with van der Waals surface area (Å²) in [5, 5.41) is 4.00. The number of sulfonamides is 1. The molecule has 116 valence electrons. The van der Waals surface area contributed by atoms with E-state index < -0.39 is 10.0 Å². The van der Waals surface area contributed by atoms with Gasteiger partial charge in [0.1, 0.15) is 10.7 Å². The van der Waals surface area contributed by atoms with Crippen molar-refractivity contribution in [1.82, 2.24) is 19.5 Å². The van der Waals surface area contributed by atoms with Gasteiger partial charge in [-0.1, -0.05) is 6.92 Å². The van der Waals surface area contributed by atoms with E-state index in [9.17, 15) is 8.42 Å². The maximum absolute atomic E-state index is 12.1. The second-order valence-electron chi connectivity index (χ2n) is 4.48. The van der Waals surface area contributed by atoms with Crippen molar-refractivity contribution in [2.24, 2.45) is 5.73 Å². The Kier molecular flexibility index (Phi) is 5.10. The number of hydrogen-bond donors (Lipinski definition) is 2. The smallest absolute Gasteiger partial charge is 0.244 e. The lowest BCUT2D eigenvalue weighted by atomic mass is 10.4. The zero-order valence-electron chi connectivity index (χ0n) is 11.8. The standard InChI is InChI=1S/C12H19N5O3S/c1-2-10-6-14-12(20-10)8-16-21(18,19)11-7-15-17(9-11)5-3-4-13/h6-7,9,16H,2-5,8,13H2,1H3. The molecule has 2 aromatic heterocycles. The number of hydrogen-bond acceptors (Lipinski definition) is 6. The molecule has 2 rings (SSSR count). The third kappa shape index (κ3) is 4.13. The molecule has 0 amide bonds. The summed E-state index contributed by atoms with van der Waals surface area (Å²) in [6.45, 7) is 3.07. The number of nitrogens with zero attached hydrogens (tertiary/aromatic N) is 3. The van der Waals surface area contributed by atoms with Crippen molar-refractivity contribution in [3.63, 3.8) is 0 Å². The topological polar surface area (TPSA) is 116 Å². The summed E-state index contributed by atoms with van der Waals surface area (Å²) in [6, 6.07) is 0. The van der Waals surface area contributed by atoms with Crippen molar-refractivity contribution < 1.29 is 12.8 Å². The normalized spacial score (nSPS) is 11.9. The third-order valence-electron chi connectivity index (χ3n) is 2.87. The van der Waals surface area contributed by atoms with Gasteiger partial charge in [-0.05, 0) is 13.0 Å². The van der Waals surface area contributed by atoms with Crippen molar-refractivity contribution in [3.05, 3.63) is 30.2 Å². The van der Waals surface area contributed by atoms with E-state index in [0.717, 1.165) is 12.2 Å². The third-order valence-corrected chi connectivity index (χ3v) is 4.23. The fraction of sp³-hybridized carbons (Fsp3) is 0.500. The molecule has 0 aliphatic heterocycles. The van der Waals surface area contributed by atoms with Crippen molar-refractivity contribution >= 4 is 10.0 Å². The lowest BCUT2D eigenvalue weighted by Gasteiger charge is -2.02. The van der Waals surface area contributed by atoms with Crippen molar-refractivity contribution in [2.45, 2.75) is 37.8 Å². The van der Waals surface area contributed by atoms with Gasteiger partial charge in [0.25, 0.3) is 0 Å². The summed E-state index contributed by atoms with van der Waals surface area (Å²) in [5.74, 6) is 1.06. The van der Waals surface area contributed by atoms with E-state index in [1.165, 1.54) is 12.4 Å². The molecule has 0 fully saturated rings. The fourth-order valence-electron chi connectivity index (χ4n) is 1.69. The highest BCUT2D eigenvalue weighted by molar-refractivity contribution is 7.89. The zero-order valence-corrected chi connectivity index (χ0v) is 12.6. The Balaban J connectivity index is 1.99. The molecule has 0 bridgehead atoms. The minimum atomic E-state index is -3.62. The summed E-state index contributed by atoms with van der Waals surface area (Å²) >= 11 is 0. The van der Waals surface area contributed by atoms with E-state index in [1.54, 1.807) is 10.9 Å². The molecule has 0 radical (unpaired) electrons. The Morgan fingerprint density at radius 3 is 2.90 bits per heavy atom. The molecule has 21 heavy (non-hydrogen) atoms. The fourth-order valence-corrected chi connectivity index (χ4v) is 2.62. The number of rotatable bonds is 8. The Bertz CT molecular complexity index is 677. The van der Waals surface area contributed by atoms with Gasteiger partial charge in [0.2, 0.25) is 15.9 Å². The van der Waals surface area contributed by atoms with Gasteiger partial charge in [0.15, 0.2) is 0 Å². The molecular formula is C12H19N5O3S. The Morgan fingerprint density at radius 2 is 2.24 bits per heavy atom. The predicted octanol–water partition coefficient (Wildman–Crippen LogP) is 0.261. The molecule has 0 saturated heterocycles. The number of aromatic nitrogens is 3. The van der Waals surface area contributed by atoms with Crippen LogP contribution in [0.3, 0.4) is 0 Å². The number of nitrogens with two attached hydrogens (primary N) is 1. The van der Waals surface area contributed by atoms with Gasteiger partial charge in [-0.15, -0.1) is 0 Å².